The molecular formula is C18H26ClN3O3. The van der Waals surface area contributed by atoms with Gasteiger partial charge in [-0.25, -0.2) is 0 Å². The van der Waals surface area contributed by atoms with E-state index in [1.807, 2.05) is 12.1 Å². The van der Waals surface area contributed by atoms with Crippen molar-refractivity contribution < 1.29 is 14.6 Å². The Hall–Kier alpha value is -1.05. The summed E-state index contributed by atoms with van der Waals surface area (Å²) in [5, 5.41) is 11.4. The zero-order chi connectivity index (χ0) is 17.4. The van der Waals surface area contributed by atoms with E-state index in [1.54, 1.807) is 0 Å². The van der Waals surface area contributed by atoms with E-state index in [0.29, 0.717) is 17.3 Å². The van der Waals surface area contributed by atoms with Crippen LogP contribution in [0, 0.1) is 0 Å². The third-order valence-electron chi connectivity index (χ3n) is 5.57. The minimum Gasteiger partial charge on any atom is -0.454 e. The standard InChI is InChI=1S/C18H26ClN3O3/c1-20-4-6-22(7-5-20)15-2-3-21(11-16(15)23)10-13-8-17-18(9-14(13)19)25-12-24-17/h8-9,15-16,23H,2-7,10-12H2,1H3/t15-,16-/m1/s1. The number of halogens is 1. The van der Waals surface area contributed by atoms with Crippen LogP contribution >= 0.6 is 11.6 Å². The summed E-state index contributed by atoms with van der Waals surface area (Å²) in [5.74, 6) is 1.47. The van der Waals surface area contributed by atoms with Gasteiger partial charge in [0.15, 0.2) is 11.5 Å². The minimum atomic E-state index is -0.315. The summed E-state index contributed by atoms with van der Waals surface area (Å²) >= 11 is 6.39. The van der Waals surface area contributed by atoms with Gasteiger partial charge in [0, 0.05) is 62.9 Å². The normalized spacial score (nSPS) is 28.4. The van der Waals surface area contributed by atoms with Gasteiger partial charge in [-0.05, 0) is 25.1 Å². The van der Waals surface area contributed by atoms with Crippen molar-refractivity contribution in [3.05, 3.63) is 22.7 Å². The van der Waals surface area contributed by atoms with E-state index in [4.69, 9.17) is 21.1 Å². The first-order chi connectivity index (χ1) is 12.1. The van der Waals surface area contributed by atoms with Gasteiger partial charge >= 0.3 is 0 Å². The van der Waals surface area contributed by atoms with E-state index in [9.17, 15) is 5.11 Å². The molecule has 2 atom stereocenters. The number of nitrogens with zero attached hydrogens (tertiary/aromatic N) is 3. The van der Waals surface area contributed by atoms with Gasteiger partial charge in [-0.2, -0.15) is 0 Å². The molecule has 1 N–H and O–H groups in total. The molecule has 25 heavy (non-hydrogen) atoms. The van der Waals surface area contributed by atoms with Crippen LogP contribution in [-0.4, -0.2) is 85.1 Å². The van der Waals surface area contributed by atoms with E-state index in [0.717, 1.165) is 57.0 Å². The summed E-state index contributed by atoms with van der Waals surface area (Å²) in [4.78, 5) is 7.08. The summed E-state index contributed by atoms with van der Waals surface area (Å²) in [5.41, 5.74) is 1.02. The lowest BCUT2D eigenvalue weighted by Gasteiger charge is -2.44. The average Bonchev–Trinajstić information content (AvgIpc) is 3.03. The molecule has 138 valence electrons. The Morgan fingerprint density at radius 2 is 1.84 bits per heavy atom. The van der Waals surface area contributed by atoms with Crippen LogP contribution in [0.25, 0.3) is 0 Å². The van der Waals surface area contributed by atoms with Crippen LogP contribution in [0.2, 0.25) is 5.02 Å². The van der Waals surface area contributed by atoms with Crippen molar-refractivity contribution in [1.29, 1.82) is 0 Å². The molecule has 0 amide bonds. The zero-order valence-corrected chi connectivity index (χ0v) is 15.4. The van der Waals surface area contributed by atoms with Crippen molar-refractivity contribution >= 4 is 11.6 Å². The summed E-state index contributed by atoms with van der Waals surface area (Å²) in [6.45, 7) is 6.89. The number of likely N-dealkylation sites (tertiary alicyclic amines) is 1. The van der Waals surface area contributed by atoms with Gasteiger partial charge in [0.1, 0.15) is 0 Å². The fourth-order valence-corrected chi connectivity index (χ4v) is 4.24. The van der Waals surface area contributed by atoms with Crippen molar-refractivity contribution in [1.82, 2.24) is 14.7 Å². The molecular weight excluding hydrogens is 342 g/mol. The summed E-state index contributed by atoms with van der Waals surface area (Å²) in [7, 11) is 2.16. The van der Waals surface area contributed by atoms with Crippen LogP contribution in [0.4, 0.5) is 0 Å². The average molecular weight is 368 g/mol. The zero-order valence-electron chi connectivity index (χ0n) is 14.7. The van der Waals surface area contributed by atoms with Gasteiger partial charge in [0.05, 0.1) is 6.10 Å². The van der Waals surface area contributed by atoms with Crippen LogP contribution < -0.4 is 9.47 Å². The fourth-order valence-electron chi connectivity index (χ4n) is 4.03. The highest BCUT2D eigenvalue weighted by Gasteiger charge is 2.33. The molecule has 0 aromatic heterocycles. The number of rotatable bonds is 3. The summed E-state index contributed by atoms with van der Waals surface area (Å²) in [6.07, 6.45) is 0.678. The molecule has 1 aromatic carbocycles. The molecule has 0 spiro atoms. The molecule has 3 aliphatic heterocycles. The molecule has 2 fully saturated rings. The molecule has 0 unspecified atom stereocenters. The molecule has 0 radical (unpaired) electrons. The van der Waals surface area contributed by atoms with Gasteiger partial charge in [0.2, 0.25) is 6.79 Å². The van der Waals surface area contributed by atoms with Crippen LogP contribution in [0.3, 0.4) is 0 Å². The maximum absolute atomic E-state index is 10.7. The number of fused-ring (bicyclic) bond motifs is 1. The van der Waals surface area contributed by atoms with Gasteiger partial charge in [-0.3, -0.25) is 9.80 Å². The lowest BCUT2D eigenvalue weighted by atomic mass is 9.98. The van der Waals surface area contributed by atoms with Gasteiger partial charge in [-0.1, -0.05) is 11.6 Å². The maximum atomic E-state index is 10.7. The Morgan fingerprint density at radius 1 is 1.12 bits per heavy atom. The highest BCUT2D eigenvalue weighted by molar-refractivity contribution is 6.31. The molecule has 7 heteroatoms. The molecule has 0 aliphatic carbocycles. The molecule has 1 aromatic rings. The number of hydrogen-bond donors (Lipinski definition) is 1. The first-order valence-electron chi connectivity index (χ1n) is 9.01. The predicted octanol–water partition coefficient (Wildman–Crippen LogP) is 1.25. The molecule has 3 heterocycles. The van der Waals surface area contributed by atoms with Crippen molar-refractivity contribution in [3.63, 3.8) is 0 Å². The Kier molecular flexibility index (Phi) is 5.06. The lowest BCUT2D eigenvalue weighted by Crippen LogP contribution is -2.58. The quantitative estimate of drug-likeness (QED) is 0.867. The fraction of sp³-hybridized carbons (Fsp3) is 0.667. The van der Waals surface area contributed by atoms with Gasteiger partial charge < -0.3 is 19.5 Å². The summed E-state index contributed by atoms with van der Waals surface area (Å²) < 4.78 is 10.8. The number of likely N-dealkylation sites (N-methyl/N-ethyl adjacent to an activating group) is 1. The number of benzene rings is 1. The Morgan fingerprint density at radius 3 is 2.56 bits per heavy atom. The second-order valence-corrected chi connectivity index (χ2v) is 7.70. The molecule has 0 bridgehead atoms. The third-order valence-corrected chi connectivity index (χ3v) is 5.92. The van der Waals surface area contributed by atoms with Crippen molar-refractivity contribution in [3.8, 4) is 11.5 Å². The molecule has 3 aliphatic rings. The van der Waals surface area contributed by atoms with Crippen LogP contribution in [-0.2, 0) is 6.54 Å². The first-order valence-corrected chi connectivity index (χ1v) is 9.39. The van der Waals surface area contributed by atoms with Crippen molar-refractivity contribution in [2.24, 2.45) is 0 Å². The summed E-state index contributed by atoms with van der Waals surface area (Å²) in [6, 6.07) is 4.06. The number of piperazine rings is 1. The highest BCUT2D eigenvalue weighted by atomic mass is 35.5. The van der Waals surface area contributed by atoms with Crippen LogP contribution in [0.15, 0.2) is 12.1 Å². The Labute approximate surface area is 153 Å². The second kappa shape index (κ2) is 7.29. The van der Waals surface area contributed by atoms with E-state index in [1.165, 1.54) is 0 Å². The van der Waals surface area contributed by atoms with Gasteiger partial charge in [0.25, 0.3) is 0 Å². The highest BCUT2D eigenvalue weighted by Crippen LogP contribution is 2.37. The van der Waals surface area contributed by atoms with Crippen molar-refractivity contribution in [2.45, 2.75) is 25.1 Å². The van der Waals surface area contributed by atoms with Crippen LogP contribution in [0.5, 0.6) is 11.5 Å². The van der Waals surface area contributed by atoms with E-state index in [2.05, 4.69) is 21.7 Å². The van der Waals surface area contributed by atoms with Gasteiger partial charge in [-0.15, -0.1) is 0 Å². The molecule has 2 saturated heterocycles. The van der Waals surface area contributed by atoms with E-state index < -0.39 is 0 Å². The second-order valence-electron chi connectivity index (χ2n) is 7.29. The number of ether oxygens (including phenoxy) is 2. The molecule has 6 nitrogen and oxygen atoms in total. The Balaban J connectivity index is 1.37. The van der Waals surface area contributed by atoms with Crippen LogP contribution in [0.1, 0.15) is 12.0 Å². The number of hydrogen-bond acceptors (Lipinski definition) is 6. The van der Waals surface area contributed by atoms with Crippen molar-refractivity contribution in [2.75, 3.05) is 53.1 Å². The lowest BCUT2D eigenvalue weighted by molar-refractivity contribution is -0.0286. The number of aliphatic hydroxyl groups excluding tert-OH is 1. The smallest absolute Gasteiger partial charge is 0.231 e. The van der Waals surface area contributed by atoms with E-state index in [-0.39, 0.29) is 18.9 Å². The number of β-amino-alcohol motifs (C(OH)–C–C–N with tert-alkyl or cyclic N) is 1. The Bertz CT molecular complexity index is 622. The molecule has 0 saturated carbocycles. The maximum Gasteiger partial charge on any atom is 0.231 e. The minimum absolute atomic E-state index is 0.254. The van der Waals surface area contributed by atoms with E-state index >= 15 is 0 Å². The number of piperidine rings is 1. The SMILES string of the molecule is CN1CCN([C@@H]2CCN(Cc3cc4c(cc3Cl)OCO4)C[C@H]2O)CC1. The monoisotopic (exact) mass is 367 g/mol. The predicted molar refractivity (Wildman–Crippen MR) is 96.3 cm³/mol. The topological polar surface area (TPSA) is 48.4 Å². The number of aliphatic hydroxyl groups is 1. The largest absolute Gasteiger partial charge is 0.454 e. The first kappa shape index (κ1) is 17.4. The molecule has 4 rings (SSSR count). The third kappa shape index (κ3) is 3.73.